The van der Waals surface area contributed by atoms with Gasteiger partial charge in [-0.15, -0.1) is 0 Å². The molecule has 1 N–H and O–H groups in total. The maximum atomic E-state index is 13.7. The van der Waals surface area contributed by atoms with Crippen molar-refractivity contribution < 1.29 is 21.9 Å². The van der Waals surface area contributed by atoms with Gasteiger partial charge in [0.25, 0.3) is 0 Å². The van der Waals surface area contributed by atoms with Crippen molar-refractivity contribution in [1.82, 2.24) is 4.72 Å². The summed E-state index contributed by atoms with van der Waals surface area (Å²) in [6.07, 6.45) is 0. The van der Waals surface area contributed by atoms with Gasteiger partial charge in [-0.25, -0.2) is 21.9 Å². The molecule has 118 valence electrons. The third kappa shape index (κ3) is 3.80. The van der Waals surface area contributed by atoms with E-state index < -0.39 is 21.7 Å². The third-order valence-corrected chi connectivity index (χ3v) is 4.32. The Hall–Kier alpha value is -1.99. The van der Waals surface area contributed by atoms with Gasteiger partial charge >= 0.3 is 0 Å². The van der Waals surface area contributed by atoms with E-state index in [1.54, 1.807) is 13.0 Å². The van der Waals surface area contributed by atoms with Crippen LogP contribution in [0.1, 0.15) is 12.5 Å². The second kappa shape index (κ2) is 6.85. The van der Waals surface area contributed by atoms with Crippen molar-refractivity contribution in [2.75, 3.05) is 6.61 Å². The van der Waals surface area contributed by atoms with Crippen molar-refractivity contribution in [2.24, 2.45) is 0 Å². The number of sulfonamides is 1. The zero-order chi connectivity index (χ0) is 16.2. The molecule has 2 aromatic carbocycles. The van der Waals surface area contributed by atoms with E-state index in [4.69, 9.17) is 4.74 Å². The zero-order valence-electron chi connectivity index (χ0n) is 11.8. The Morgan fingerprint density at radius 1 is 1.09 bits per heavy atom. The van der Waals surface area contributed by atoms with Gasteiger partial charge in [0.2, 0.25) is 10.0 Å². The lowest BCUT2D eigenvalue weighted by Gasteiger charge is -2.09. The molecule has 0 fully saturated rings. The smallest absolute Gasteiger partial charge is 0.240 e. The van der Waals surface area contributed by atoms with Crippen LogP contribution >= 0.6 is 0 Å². The van der Waals surface area contributed by atoms with Crippen LogP contribution in [0.25, 0.3) is 0 Å². The molecule has 0 spiro atoms. The lowest BCUT2D eigenvalue weighted by Crippen LogP contribution is -2.23. The minimum Gasteiger partial charge on any atom is -0.491 e. The molecule has 4 nitrogen and oxygen atoms in total. The molecule has 22 heavy (non-hydrogen) atoms. The van der Waals surface area contributed by atoms with Gasteiger partial charge in [-0.05, 0) is 31.2 Å². The van der Waals surface area contributed by atoms with Gasteiger partial charge in [0.05, 0.1) is 11.5 Å². The van der Waals surface area contributed by atoms with E-state index in [0.29, 0.717) is 0 Å². The summed E-state index contributed by atoms with van der Waals surface area (Å²) >= 11 is 0. The van der Waals surface area contributed by atoms with Crippen LogP contribution in [0, 0.1) is 11.6 Å². The zero-order valence-corrected chi connectivity index (χ0v) is 12.7. The fraction of sp³-hybridized carbons (Fsp3) is 0.200. The molecule has 0 saturated heterocycles. The molecule has 0 radical (unpaired) electrons. The molecule has 0 heterocycles. The van der Waals surface area contributed by atoms with Crippen LogP contribution in [-0.2, 0) is 16.6 Å². The molecule has 2 aromatic rings. The van der Waals surface area contributed by atoms with Gasteiger partial charge in [0.1, 0.15) is 5.82 Å². The van der Waals surface area contributed by atoms with Crippen molar-refractivity contribution in [3.63, 3.8) is 0 Å². The third-order valence-electron chi connectivity index (χ3n) is 2.92. The van der Waals surface area contributed by atoms with Crippen LogP contribution in [0.2, 0.25) is 0 Å². The Morgan fingerprint density at radius 2 is 1.82 bits per heavy atom. The lowest BCUT2D eigenvalue weighted by atomic mass is 10.2. The minimum atomic E-state index is -3.94. The lowest BCUT2D eigenvalue weighted by molar-refractivity contribution is 0.321. The summed E-state index contributed by atoms with van der Waals surface area (Å²) in [7, 11) is -3.94. The highest BCUT2D eigenvalue weighted by Gasteiger charge is 2.17. The largest absolute Gasteiger partial charge is 0.491 e. The SMILES string of the molecule is CCOc1ccc(S(=O)(=O)NCc2ccccc2F)cc1F. The monoisotopic (exact) mass is 327 g/mol. The Balaban J connectivity index is 2.17. The second-order valence-electron chi connectivity index (χ2n) is 4.44. The first-order chi connectivity index (χ1) is 10.4. The van der Waals surface area contributed by atoms with Gasteiger partial charge in [-0.2, -0.15) is 0 Å². The topological polar surface area (TPSA) is 55.4 Å². The second-order valence-corrected chi connectivity index (χ2v) is 6.21. The van der Waals surface area contributed by atoms with Crippen LogP contribution in [0.5, 0.6) is 5.75 Å². The first-order valence-corrected chi connectivity index (χ1v) is 8.08. The minimum absolute atomic E-state index is 0.0180. The summed E-state index contributed by atoms with van der Waals surface area (Å²) in [6, 6.07) is 9.16. The van der Waals surface area contributed by atoms with Crippen LogP contribution in [0.3, 0.4) is 0 Å². The molecule has 0 atom stereocenters. The van der Waals surface area contributed by atoms with Crippen molar-refractivity contribution in [1.29, 1.82) is 0 Å². The highest BCUT2D eigenvalue weighted by Crippen LogP contribution is 2.21. The van der Waals surface area contributed by atoms with E-state index in [-0.39, 0.29) is 29.4 Å². The summed E-state index contributed by atoms with van der Waals surface area (Å²) in [4.78, 5) is -0.246. The summed E-state index contributed by atoms with van der Waals surface area (Å²) in [5, 5.41) is 0. The Kier molecular flexibility index (Phi) is 5.10. The quantitative estimate of drug-likeness (QED) is 0.887. The number of ether oxygens (including phenoxy) is 1. The maximum absolute atomic E-state index is 13.7. The summed E-state index contributed by atoms with van der Waals surface area (Å²) in [5.41, 5.74) is 0.206. The number of halogens is 2. The molecule has 0 aliphatic carbocycles. The van der Waals surface area contributed by atoms with Gasteiger partial charge in [-0.3, -0.25) is 0 Å². The molecule has 2 rings (SSSR count). The molecule has 0 aliphatic heterocycles. The van der Waals surface area contributed by atoms with Gasteiger partial charge in [-0.1, -0.05) is 18.2 Å². The number of rotatable bonds is 6. The van der Waals surface area contributed by atoms with Crippen molar-refractivity contribution in [3.05, 3.63) is 59.7 Å². The van der Waals surface area contributed by atoms with Crippen molar-refractivity contribution >= 4 is 10.0 Å². The normalized spacial score (nSPS) is 11.4. The number of nitrogens with one attached hydrogen (secondary N) is 1. The summed E-state index contributed by atoms with van der Waals surface area (Å²) in [6.45, 7) is 1.75. The molecule has 0 amide bonds. The first-order valence-electron chi connectivity index (χ1n) is 6.59. The summed E-state index contributed by atoms with van der Waals surface area (Å²) in [5.74, 6) is -1.30. The van der Waals surface area contributed by atoms with Crippen LogP contribution < -0.4 is 9.46 Å². The Bertz CT molecular complexity index is 763. The van der Waals surface area contributed by atoms with E-state index in [0.717, 1.165) is 6.07 Å². The highest BCUT2D eigenvalue weighted by atomic mass is 32.2. The molecule has 0 aromatic heterocycles. The fourth-order valence-corrected chi connectivity index (χ4v) is 2.84. The average Bonchev–Trinajstić information content (AvgIpc) is 2.48. The number of hydrogen-bond donors (Lipinski definition) is 1. The van der Waals surface area contributed by atoms with E-state index in [2.05, 4.69) is 4.72 Å². The maximum Gasteiger partial charge on any atom is 0.240 e. The standard InChI is InChI=1S/C15H15F2NO3S/c1-2-21-15-8-7-12(9-14(15)17)22(19,20)18-10-11-5-3-4-6-13(11)16/h3-9,18H,2,10H2,1H3. The van der Waals surface area contributed by atoms with Gasteiger partial charge in [0.15, 0.2) is 11.6 Å². The molecule has 7 heteroatoms. The number of hydrogen-bond acceptors (Lipinski definition) is 3. The van der Waals surface area contributed by atoms with Gasteiger partial charge in [0, 0.05) is 12.1 Å². The molecular weight excluding hydrogens is 312 g/mol. The highest BCUT2D eigenvalue weighted by molar-refractivity contribution is 7.89. The predicted molar refractivity (Wildman–Crippen MR) is 78.0 cm³/mol. The van der Waals surface area contributed by atoms with E-state index in [9.17, 15) is 17.2 Å². The molecular formula is C15H15F2NO3S. The first kappa shape index (κ1) is 16.4. The van der Waals surface area contributed by atoms with Crippen LogP contribution in [0.15, 0.2) is 47.4 Å². The summed E-state index contributed by atoms with van der Waals surface area (Å²) < 4.78 is 58.6. The number of benzene rings is 2. The molecule has 0 aliphatic rings. The van der Waals surface area contributed by atoms with Crippen LogP contribution in [0.4, 0.5) is 8.78 Å². The van der Waals surface area contributed by atoms with Crippen LogP contribution in [-0.4, -0.2) is 15.0 Å². The predicted octanol–water partition coefficient (Wildman–Crippen LogP) is 2.84. The van der Waals surface area contributed by atoms with E-state index >= 15 is 0 Å². The van der Waals surface area contributed by atoms with E-state index in [1.165, 1.54) is 30.3 Å². The van der Waals surface area contributed by atoms with Crippen molar-refractivity contribution in [2.45, 2.75) is 18.4 Å². The fourth-order valence-electron chi connectivity index (χ4n) is 1.82. The molecule has 0 unspecified atom stereocenters. The van der Waals surface area contributed by atoms with E-state index in [1.807, 2.05) is 0 Å². The van der Waals surface area contributed by atoms with Gasteiger partial charge < -0.3 is 4.74 Å². The van der Waals surface area contributed by atoms with Crippen molar-refractivity contribution in [3.8, 4) is 5.75 Å². The molecule has 0 saturated carbocycles. The Morgan fingerprint density at radius 3 is 2.45 bits per heavy atom. The Labute approximate surface area is 127 Å². The molecule has 0 bridgehead atoms. The average molecular weight is 327 g/mol.